The van der Waals surface area contributed by atoms with Crippen molar-refractivity contribution < 1.29 is 14.8 Å². The Balaban J connectivity index is 1.58. The number of para-hydroxylation sites is 1. The van der Waals surface area contributed by atoms with Gasteiger partial charge in [-0.1, -0.05) is 41.4 Å². The van der Waals surface area contributed by atoms with Gasteiger partial charge in [0.25, 0.3) is 5.69 Å². The normalized spacial score (nSPS) is 24.8. The number of rotatable bonds is 5. The summed E-state index contributed by atoms with van der Waals surface area (Å²) in [7, 11) is 0. The molecule has 0 spiro atoms. The molecule has 1 fully saturated rings. The van der Waals surface area contributed by atoms with E-state index in [0.29, 0.717) is 21.4 Å². The first-order valence-corrected chi connectivity index (χ1v) is 12.9. The van der Waals surface area contributed by atoms with Crippen LogP contribution in [0.2, 0.25) is 10.0 Å². The lowest BCUT2D eigenvalue weighted by atomic mass is 9.77. The van der Waals surface area contributed by atoms with Crippen LogP contribution < -0.4 is 5.32 Å². The van der Waals surface area contributed by atoms with Gasteiger partial charge in [0.15, 0.2) is 0 Å². The first-order valence-electron chi connectivity index (χ1n) is 10.9. The van der Waals surface area contributed by atoms with Gasteiger partial charge in [0.1, 0.15) is 0 Å². The lowest BCUT2D eigenvalue weighted by Crippen LogP contribution is -2.31. The summed E-state index contributed by atoms with van der Waals surface area (Å²) in [6.07, 6.45) is 0.656. The molecule has 5 rings (SSSR count). The molecule has 3 aromatic carbocycles. The van der Waals surface area contributed by atoms with E-state index in [1.807, 2.05) is 6.07 Å². The first-order chi connectivity index (χ1) is 16.7. The summed E-state index contributed by atoms with van der Waals surface area (Å²) < 4.78 is 0. The summed E-state index contributed by atoms with van der Waals surface area (Å²) in [6.45, 7) is 0. The Morgan fingerprint density at radius 1 is 1.09 bits per heavy atom. The smallest absolute Gasteiger partial charge is 0.335 e. The average molecular weight is 550 g/mol. The van der Waals surface area contributed by atoms with E-state index in [-0.39, 0.29) is 44.7 Å². The molecule has 35 heavy (non-hydrogen) atoms. The quantitative estimate of drug-likeness (QED) is 0.193. The van der Waals surface area contributed by atoms with Crippen molar-refractivity contribution in [2.45, 2.75) is 33.9 Å². The van der Waals surface area contributed by atoms with Gasteiger partial charge in [0, 0.05) is 33.0 Å². The summed E-state index contributed by atoms with van der Waals surface area (Å²) in [5, 5.41) is 25.2. The minimum atomic E-state index is -1.01. The van der Waals surface area contributed by atoms with Gasteiger partial charge in [-0.05, 0) is 59.9 Å². The van der Waals surface area contributed by atoms with Crippen LogP contribution >= 0.6 is 46.6 Å². The number of anilines is 1. The van der Waals surface area contributed by atoms with E-state index in [4.69, 9.17) is 34.8 Å². The molecular weight excluding hydrogens is 531 g/mol. The highest BCUT2D eigenvalue weighted by Crippen LogP contribution is 2.58. The number of halogens is 3. The highest BCUT2D eigenvalue weighted by atomic mass is 35.5. The standard InChI is InChI=1S/C25H19Cl3N2O4S/c26-13-6-7-14(17(27)10-13)24-16-11-21(35-20-4-2-1-3-19(20)30(33)34)23(28)22(16)15-9-12(25(31)32)5-8-18(15)29-24/h1-10,16,21-24,29H,11H2,(H,31,32). The highest BCUT2D eigenvalue weighted by Gasteiger charge is 2.50. The van der Waals surface area contributed by atoms with Crippen LogP contribution in [0.3, 0.4) is 0 Å². The second-order valence-corrected chi connectivity index (χ2v) is 11.3. The van der Waals surface area contributed by atoms with E-state index in [2.05, 4.69) is 5.32 Å². The molecule has 0 aromatic heterocycles. The van der Waals surface area contributed by atoms with E-state index in [1.165, 1.54) is 17.8 Å². The number of alkyl halides is 1. The van der Waals surface area contributed by atoms with Crippen LogP contribution in [0.1, 0.15) is 39.9 Å². The van der Waals surface area contributed by atoms with Gasteiger partial charge in [-0.2, -0.15) is 0 Å². The van der Waals surface area contributed by atoms with Gasteiger partial charge in [0.05, 0.1) is 26.8 Å². The second-order valence-electron chi connectivity index (χ2n) is 8.65. The Morgan fingerprint density at radius 2 is 1.86 bits per heavy atom. The number of thioether (sulfide) groups is 1. The third-order valence-electron chi connectivity index (χ3n) is 6.70. The highest BCUT2D eigenvalue weighted by molar-refractivity contribution is 8.00. The van der Waals surface area contributed by atoms with E-state index in [1.54, 1.807) is 48.5 Å². The van der Waals surface area contributed by atoms with E-state index < -0.39 is 5.97 Å². The van der Waals surface area contributed by atoms with Crippen LogP contribution in [-0.4, -0.2) is 26.6 Å². The van der Waals surface area contributed by atoms with E-state index >= 15 is 0 Å². The minimum Gasteiger partial charge on any atom is -0.478 e. The Labute approximate surface area is 220 Å². The Morgan fingerprint density at radius 3 is 2.57 bits per heavy atom. The Bertz CT molecular complexity index is 1340. The molecule has 2 N–H and O–H groups in total. The largest absolute Gasteiger partial charge is 0.478 e. The molecule has 3 aromatic rings. The first kappa shape index (κ1) is 24.3. The number of carboxylic acid groups (broad SMARTS) is 1. The van der Waals surface area contributed by atoms with Crippen molar-refractivity contribution in [1.82, 2.24) is 0 Å². The predicted octanol–water partition coefficient (Wildman–Crippen LogP) is 7.64. The zero-order valence-corrected chi connectivity index (χ0v) is 21.1. The van der Waals surface area contributed by atoms with Crippen molar-refractivity contribution in [3.63, 3.8) is 0 Å². The fourth-order valence-corrected chi connectivity index (χ4v) is 7.65. The summed E-state index contributed by atoms with van der Waals surface area (Å²) in [5.41, 5.74) is 2.74. The van der Waals surface area contributed by atoms with Crippen molar-refractivity contribution in [3.8, 4) is 0 Å². The Kier molecular flexibility index (Phi) is 6.61. The molecule has 1 aliphatic carbocycles. The molecule has 0 radical (unpaired) electrons. The number of carboxylic acids is 1. The SMILES string of the molecule is O=C(O)c1ccc2c(c1)C1C(Cl)C(Sc3ccccc3[N+](=O)[O-])CC1C(c1ccc(Cl)cc1Cl)N2. The van der Waals surface area contributed by atoms with E-state index in [9.17, 15) is 20.0 Å². The molecule has 0 bridgehead atoms. The maximum Gasteiger partial charge on any atom is 0.335 e. The van der Waals surface area contributed by atoms with Crippen molar-refractivity contribution in [2.24, 2.45) is 5.92 Å². The van der Waals surface area contributed by atoms with Crippen molar-refractivity contribution >= 4 is 63.9 Å². The number of hydrogen-bond donors (Lipinski definition) is 2. The lowest BCUT2D eigenvalue weighted by Gasteiger charge is -2.38. The number of nitrogens with one attached hydrogen (secondary N) is 1. The van der Waals surface area contributed by atoms with Gasteiger partial charge in [0.2, 0.25) is 0 Å². The molecule has 10 heteroatoms. The van der Waals surface area contributed by atoms with Crippen molar-refractivity contribution in [2.75, 3.05) is 5.32 Å². The van der Waals surface area contributed by atoms with Crippen LogP contribution in [0, 0.1) is 16.0 Å². The molecule has 2 aliphatic rings. The lowest BCUT2D eigenvalue weighted by molar-refractivity contribution is -0.387. The molecule has 6 nitrogen and oxygen atoms in total. The van der Waals surface area contributed by atoms with Crippen LogP contribution in [-0.2, 0) is 0 Å². The zero-order chi connectivity index (χ0) is 24.9. The monoisotopic (exact) mass is 548 g/mol. The number of fused-ring (bicyclic) bond motifs is 3. The fourth-order valence-electron chi connectivity index (χ4n) is 5.18. The molecule has 0 saturated heterocycles. The van der Waals surface area contributed by atoms with Crippen molar-refractivity contribution in [3.05, 3.63) is 97.5 Å². The maximum atomic E-state index is 11.7. The number of nitro benzene ring substituents is 1. The number of nitro groups is 1. The molecule has 0 amide bonds. The zero-order valence-electron chi connectivity index (χ0n) is 18.0. The predicted molar refractivity (Wildman–Crippen MR) is 139 cm³/mol. The molecule has 180 valence electrons. The minimum absolute atomic E-state index is 0.0204. The summed E-state index contributed by atoms with van der Waals surface area (Å²) in [4.78, 5) is 23.4. The second kappa shape index (κ2) is 9.54. The van der Waals surface area contributed by atoms with Crippen molar-refractivity contribution in [1.29, 1.82) is 0 Å². The van der Waals surface area contributed by atoms with E-state index in [0.717, 1.165) is 16.8 Å². The number of carbonyl (C=O) groups is 1. The molecule has 5 atom stereocenters. The van der Waals surface area contributed by atoms with Gasteiger partial charge in [-0.3, -0.25) is 10.1 Å². The fraction of sp³-hybridized carbons (Fsp3) is 0.240. The molecule has 1 heterocycles. The van der Waals surface area contributed by atoms with Gasteiger partial charge >= 0.3 is 5.97 Å². The molecule has 1 aliphatic heterocycles. The molecule has 5 unspecified atom stereocenters. The van der Waals surface area contributed by atoms with Gasteiger partial charge in [-0.15, -0.1) is 23.4 Å². The molecule has 1 saturated carbocycles. The third-order valence-corrected chi connectivity index (χ3v) is 9.37. The maximum absolute atomic E-state index is 11.7. The van der Waals surface area contributed by atoms with Gasteiger partial charge in [-0.25, -0.2) is 4.79 Å². The number of hydrogen-bond acceptors (Lipinski definition) is 5. The van der Waals surface area contributed by atoms with Crippen LogP contribution in [0.25, 0.3) is 0 Å². The van der Waals surface area contributed by atoms with Gasteiger partial charge < -0.3 is 10.4 Å². The van der Waals surface area contributed by atoms with Crippen LogP contribution in [0.5, 0.6) is 0 Å². The number of benzene rings is 3. The third kappa shape index (κ3) is 4.47. The average Bonchev–Trinajstić information content (AvgIpc) is 3.15. The topological polar surface area (TPSA) is 92.5 Å². The van der Waals surface area contributed by atoms with Crippen LogP contribution in [0.4, 0.5) is 11.4 Å². The molecular formula is C25H19Cl3N2O4S. The summed E-state index contributed by atoms with van der Waals surface area (Å²) >= 11 is 21.2. The summed E-state index contributed by atoms with van der Waals surface area (Å²) in [5.74, 6) is -1.21. The van der Waals surface area contributed by atoms with Crippen LogP contribution in [0.15, 0.2) is 65.6 Å². The Hall–Kier alpha value is -2.45. The summed E-state index contributed by atoms with van der Waals surface area (Å²) in [6, 6.07) is 16.8. The number of nitrogens with zero attached hydrogens (tertiary/aromatic N) is 1. The number of aromatic carboxylic acids is 1.